The minimum absolute atomic E-state index is 0.320. The van der Waals surface area contributed by atoms with Crippen molar-refractivity contribution in [1.29, 1.82) is 0 Å². The van der Waals surface area contributed by atoms with Crippen LogP contribution in [0.5, 0.6) is 0 Å². The maximum atomic E-state index is 11.8. The van der Waals surface area contributed by atoms with Crippen molar-refractivity contribution in [2.45, 2.75) is 6.04 Å². The summed E-state index contributed by atoms with van der Waals surface area (Å²) in [5.41, 5.74) is 7.74. The molecule has 0 aliphatic carbocycles. The maximum absolute atomic E-state index is 11.8. The lowest BCUT2D eigenvalue weighted by molar-refractivity contribution is 0.213. The first-order valence-corrected chi connectivity index (χ1v) is 6.31. The minimum atomic E-state index is -0.329. The molecule has 1 unspecified atom stereocenters. The second-order valence-electron chi connectivity index (χ2n) is 4.62. The molecule has 5 nitrogen and oxygen atoms in total. The molecule has 1 aromatic carbocycles. The topological polar surface area (TPSA) is 71.6 Å². The number of aliphatic imine (C=N–C) groups is 1. The summed E-state index contributed by atoms with van der Waals surface area (Å²) in [7, 11) is 0. The Bertz CT molecular complexity index is 723. The third-order valence-corrected chi connectivity index (χ3v) is 3.33. The lowest BCUT2D eigenvalue weighted by Gasteiger charge is -2.23. The molecule has 2 amide bonds. The van der Waals surface area contributed by atoms with Crippen LogP contribution in [0.2, 0.25) is 0 Å². The molecule has 1 aliphatic heterocycles. The zero-order valence-electron chi connectivity index (χ0n) is 10.9. The number of carbonyl (C=O) groups excluding carboxylic acids is 1. The van der Waals surface area contributed by atoms with E-state index < -0.39 is 0 Å². The maximum Gasteiger partial charge on any atom is 0.346 e. The lowest BCUT2D eigenvalue weighted by Crippen LogP contribution is -2.33. The number of aromatic nitrogens is 1. The van der Waals surface area contributed by atoms with Crippen LogP contribution in [0, 0.1) is 0 Å². The van der Waals surface area contributed by atoms with Gasteiger partial charge in [-0.3, -0.25) is 4.98 Å². The number of benzene rings is 1. The first-order valence-electron chi connectivity index (χ1n) is 6.31. The second kappa shape index (κ2) is 4.77. The summed E-state index contributed by atoms with van der Waals surface area (Å²) in [5.74, 6) is 0.320. The van der Waals surface area contributed by atoms with Crippen LogP contribution >= 0.6 is 0 Å². The summed E-state index contributed by atoms with van der Waals surface area (Å²) < 4.78 is 0. The largest absolute Gasteiger partial charge is 0.385 e. The zero-order valence-corrected chi connectivity index (χ0v) is 10.9. The van der Waals surface area contributed by atoms with E-state index in [1.54, 1.807) is 17.2 Å². The Kier molecular flexibility index (Phi) is 2.95. The summed E-state index contributed by atoms with van der Waals surface area (Å²) in [6.45, 7) is 4.08. The molecule has 2 heterocycles. The predicted octanol–water partition coefficient (Wildman–Crippen LogP) is 2.25. The number of pyridine rings is 1. The van der Waals surface area contributed by atoms with Crippen LogP contribution in [0.15, 0.2) is 54.2 Å². The Hall–Kier alpha value is -2.69. The molecule has 1 aliphatic rings. The first kappa shape index (κ1) is 12.3. The lowest BCUT2D eigenvalue weighted by atomic mass is 10.0. The molecule has 1 atom stereocenters. The molecular formula is C15H14N4O. The van der Waals surface area contributed by atoms with Crippen molar-refractivity contribution in [3.63, 3.8) is 0 Å². The van der Waals surface area contributed by atoms with Gasteiger partial charge in [0.05, 0.1) is 5.52 Å². The van der Waals surface area contributed by atoms with Gasteiger partial charge in [-0.05, 0) is 23.8 Å². The number of rotatable bonds is 3. The zero-order chi connectivity index (χ0) is 14.1. The number of fused-ring (bicyclic) bond motifs is 1. The molecular weight excluding hydrogens is 252 g/mol. The van der Waals surface area contributed by atoms with E-state index in [0.29, 0.717) is 12.4 Å². The van der Waals surface area contributed by atoms with Crippen molar-refractivity contribution in [2.75, 3.05) is 6.54 Å². The highest BCUT2D eigenvalue weighted by Gasteiger charge is 2.33. The number of carbonyl (C=O) groups is 1. The summed E-state index contributed by atoms with van der Waals surface area (Å²) in [6, 6.07) is 9.05. The Balaban J connectivity index is 2.06. The SMILES string of the molecule is C=CCN1C(=O)N=C(N)C1c1ccc2ncccc2c1. The second-order valence-corrected chi connectivity index (χ2v) is 4.62. The Morgan fingerprint density at radius 1 is 1.40 bits per heavy atom. The van der Waals surface area contributed by atoms with E-state index in [1.165, 1.54) is 0 Å². The number of amidine groups is 1. The molecule has 0 saturated heterocycles. The van der Waals surface area contributed by atoms with Gasteiger partial charge in [-0.2, -0.15) is 4.99 Å². The van der Waals surface area contributed by atoms with Gasteiger partial charge >= 0.3 is 6.03 Å². The van der Waals surface area contributed by atoms with Crippen molar-refractivity contribution in [1.82, 2.24) is 9.88 Å². The number of hydrogen-bond acceptors (Lipinski definition) is 3. The quantitative estimate of drug-likeness (QED) is 0.866. The molecule has 2 N–H and O–H groups in total. The molecule has 20 heavy (non-hydrogen) atoms. The van der Waals surface area contributed by atoms with Crippen molar-refractivity contribution in [3.05, 3.63) is 54.7 Å². The standard InChI is InChI=1S/C15H14N4O/c1-2-8-19-13(14(16)18-15(19)20)11-5-6-12-10(9-11)4-3-7-17-12/h2-7,9,13H,1,8H2,(H2,16,18,20). The van der Waals surface area contributed by atoms with E-state index in [0.717, 1.165) is 16.5 Å². The van der Waals surface area contributed by atoms with Crippen LogP contribution in [0.1, 0.15) is 11.6 Å². The van der Waals surface area contributed by atoms with E-state index in [9.17, 15) is 4.79 Å². The van der Waals surface area contributed by atoms with Crippen LogP contribution in [0.4, 0.5) is 4.79 Å². The van der Waals surface area contributed by atoms with Crippen molar-refractivity contribution in [2.24, 2.45) is 10.7 Å². The van der Waals surface area contributed by atoms with Crippen LogP contribution in [-0.2, 0) is 0 Å². The van der Waals surface area contributed by atoms with Gasteiger partial charge in [-0.15, -0.1) is 6.58 Å². The Labute approximate surface area is 116 Å². The fourth-order valence-corrected chi connectivity index (χ4v) is 2.44. The monoisotopic (exact) mass is 266 g/mol. The van der Waals surface area contributed by atoms with Crippen LogP contribution in [-0.4, -0.2) is 28.3 Å². The summed E-state index contributed by atoms with van der Waals surface area (Å²) in [4.78, 5) is 21.5. The van der Waals surface area contributed by atoms with E-state index in [1.807, 2.05) is 30.3 Å². The van der Waals surface area contributed by atoms with Crippen molar-refractivity contribution >= 4 is 22.8 Å². The number of nitrogens with two attached hydrogens (primary N) is 1. The van der Waals surface area contributed by atoms with Crippen molar-refractivity contribution in [3.8, 4) is 0 Å². The normalized spacial score (nSPS) is 18.4. The number of urea groups is 1. The first-order chi connectivity index (χ1) is 9.70. The molecule has 1 aromatic heterocycles. The van der Waals surface area contributed by atoms with E-state index >= 15 is 0 Å². The third kappa shape index (κ3) is 1.93. The summed E-state index contributed by atoms with van der Waals surface area (Å²) in [5, 5.41) is 1.01. The van der Waals surface area contributed by atoms with Gasteiger partial charge in [0.25, 0.3) is 0 Å². The molecule has 0 spiro atoms. The third-order valence-electron chi connectivity index (χ3n) is 3.33. The average molecular weight is 266 g/mol. The Morgan fingerprint density at radius 3 is 3.05 bits per heavy atom. The Morgan fingerprint density at radius 2 is 2.25 bits per heavy atom. The minimum Gasteiger partial charge on any atom is -0.385 e. The number of hydrogen-bond donors (Lipinski definition) is 1. The van der Waals surface area contributed by atoms with Gasteiger partial charge in [-0.1, -0.05) is 18.2 Å². The van der Waals surface area contributed by atoms with E-state index in [4.69, 9.17) is 5.73 Å². The molecule has 2 aromatic rings. The van der Waals surface area contributed by atoms with Gasteiger partial charge in [0, 0.05) is 18.1 Å². The number of amides is 2. The molecule has 100 valence electrons. The van der Waals surface area contributed by atoms with Crippen LogP contribution in [0.25, 0.3) is 10.9 Å². The molecule has 3 rings (SSSR count). The van der Waals surface area contributed by atoms with Gasteiger partial charge in [-0.25, -0.2) is 4.79 Å². The highest BCUT2D eigenvalue weighted by atomic mass is 16.2. The summed E-state index contributed by atoms with van der Waals surface area (Å²) in [6.07, 6.45) is 3.42. The molecule has 5 heteroatoms. The van der Waals surface area contributed by atoms with E-state index in [2.05, 4.69) is 16.6 Å². The molecule has 0 radical (unpaired) electrons. The summed E-state index contributed by atoms with van der Waals surface area (Å²) >= 11 is 0. The van der Waals surface area contributed by atoms with Gasteiger partial charge in [0.15, 0.2) is 0 Å². The smallest absolute Gasteiger partial charge is 0.346 e. The molecule has 0 saturated carbocycles. The van der Waals surface area contributed by atoms with Crippen molar-refractivity contribution < 1.29 is 4.79 Å². The van der Waals surface area contributed by atoms with Gasteiger partial charge < -0.3 is 10.6 Å². The molecule has 0 bridgehead atoms. The highest BCUT2D eigenvalue weighted by Crippen LogP contribution is 2.28. The number of nitrogens with zero attached hydrogens (tertiary/aromatic N) is 3. The fraction of sp³-hybridized carbons (Fsp3) is 0.133. The van der Waals surface area contributed by atoms with Crippen LogP contribution in [0.3, 0.4) is 0 Å². The highest BCUT2D eigenvalue weighted by molar-refractivity contribution is 6.03. The van der Waals surface area contributed by atoms with Crippen LogP contribution < -0.4 is 5.73 Å². The molecule has 0 fully saturated rings. The van der Waals surface area contributed by atoms with Gasteiger partial charge in [0.2, 0.25) is 0 Å². The average Bonchev–Trinajstić information content (AvgIpc) is 2.73. The predicted molar refractivity (Wildman–Crippen MR) is 78.4 cm³/mol. The van der Waals surface area contributed by atoms with Gasteiger partial charge in [0.1, 0.15) is 11.9 Å². The van der Waals surface area contributed by atoms with E-state index in [-0.39, 0.29) is 12.1 Å². The fourth-order valence-electron chi connectivity index (χ4n) is 2.44.